The van der Waals surface area contributed by atoms with E-state index in [1.165, 1.54) is 11.3 Å². The van der Waals surface area contributed by atoms with Gasteiger partial charge in [-0.25, -0.2) is 9.78 Å². The number of fused-ring (bicyclic) bond motifs is 1. The summed E-state index contributed by atoms with van der Waals surface area (Å²) in [5.74, 6) is 0. The maximum absolute atomic E-state index is 11.4. The quantitative estimate of drug-likeness (QED) is 0.891. The summed E-state index contributed by atoms with van der Waals surface area (Å²) in [5.41, 5.74) is 2.04. The number of amides is 2. The minimum Gasteiger partial charge on any atom is -0.338 e. The Morgan fingerprint density at radius 3 is 3.00 bits per heavy atom. The highest BCUT2D eigenvalue weighted by molar-refractivity contribution is 9.10. The predicted molar refractivity (Wildman–Crippen MR) is 74.8 cm³/mol. The average molecular weight is 314 g/mol. The number of anilines is 1. The molecule has 0 saturated heterocycles. The van der Waals surface area contributed by atoms with Gasteiger partial charge in [0.2, 0.25) is 0 Å². The third-order valence-electron chi connectivity index (χ3n) is 2.15. The maximum atomic E-state index is 11.4. The summed E-state index contributed by atoms with van der Waals surface area (Å²) < 4.78 is 2.05. The molecule has 0 radical (unpaired) electrons. The first kappa shape index (κ1) is 12.3. The van der Waals surface area contributed by atoms with Crippen LogP contribution < -0.4 is 10.6 Å². The molecular formula is C11H12BrN3OS. The zero-order valence-corrected chi connectivity index (χ0v) is 11.9. The van der Waals surface area contributed by atoms with Crippen LogP contribution in [0.5, 0.6) is 0 Å². The number of aromatic nitrogens is 1. The van der Waals surface area contributed by atoms with Crippen LogP contribution in [0.1, 0.15) is 12.5 Å². The van der Waals surface area contributed by atoms with Gasteiger partial charge in [0.25, 0.3) is 0 Å². The highest BCUT2D eigenvalue weighted by atomic mass is 79.9. The molecule has 4 nitrogen and oxygen atoms in total. The molecule has 2 rings (SSSR count). The summed E-state index contributed by atoms with van der Waals surface area (Å²) in [6, 6.07) is 3.81. The van der Waals surface area contributed by atoms with Crippen molar-refractivity contribution < 1.29 is 4.79 Å². The van der Waals surface area contributed by atoms with E-state index in [2.05, 4.69) is 31.5 Å². The van der Waals surface area contributed by atoms with Gasteiger partial charge in [0.15, 0.2) is 5.13 Å². The van der Waals surface area contributed by atoms with Crippen molar-refractivity contribution in [2.45, 2.75) is 13.8 Å². The van der Waals surface area contributed by atoms with E-state index in [0.717, 1.165) is 20.3 Å². The van der Waals surface area contributed by atoms with Gasteiger partial charge in [-0.2, -0.15) is 0 Å². The summed E-state index contributed by atoms with van der Waals surface area (Å²) in [6.45, 7) is 4.48. The molecule has 17 heavy (non-hydrogen) atoms. The van der Waals surface area contributed by atoms with Gasteiger partial charge in [-0.15, -0.1) is 0 Å². The third-order valence-corrected chi connectivity index (χ3v) is 4.05. The molecule has 2 amide bonds. The SMILES string of the molecule is CCNC(=O)Nc1nc2cc(C)cc(Br)c2s1. The van der Waals surface area contributed by atoms with Crippen LogP contribution in [0.15, 0.2) is 16.6 Å². The molecule has 0 bridgehead atoms. The van der Waals surface area contributed by atoms with Gasteiger partial charge in [0.05, 0.1) is 10.2 Å². The first-order chi connectivity index (χ1) is 8.10. The number of halogens is 1. The summed E-state index contributed by atoms with van der Waals surface area (Å²) in [4.78, 5) is 15.7. The van der Waals surface area contributed by atoms with Gasteiger partial charge in [-0.1, -0.05) is 11.3 Å². The molecule has 0 aliphatic carbocycles. The van der Waals surface area contributed by atoms with E-state index in [4.69, 9.17) is 0 Å². The lowest BCUT2D eigenvalue weighted by molar-refractivity contribution is 0.252. The van der Waals surface area contributed by atoms with E-state index >= 15 is 0 Å². The average Bonchev–Trinajstić information content (AvgIpc) is 2.60. The van der Waals surface area contributed by atoms with Crippen LogP contribution in [0, 0.1) is 6.92 Å². The van der Waals surface area contributed by atoms with Gasteiger partial charge in [-0.05, 0) is 47.5 Å². The van der Waals surface area contributed by atoms with Crippen LogP contribution in [0.3, 0.4) is 0 Å². The molecule has 0 fully saturated rings. The van der Waals surface area contributed by atoms with Gasteiger partial charge >= 0.3 is 6.03 Å². The van der Waals surface area contributed by atoms with Crippen LogP contribution >= 0.6 is 27.3 Å². The van der Waals surface area contributed by atoms with Crippen LogP contribution in [-0.4, -0.2) is 17.6 Å². The van der Waals surface area contributed by atoms with Crippen LogP contribution in [-0.2, 0) is 0 Å². The number of aryl methyl sites for hydroxylation is 1. The lowest BCUT2D eigenvalue weighted by atomic mass is 10.2. The van der Waals surface area contributed by atoms with Crippen molar-refractivity contribution in [2.24, 2.45) is 0 Å². The minimum absolute atomic E-state index is 0.223. The van der Waals surface area contributed by atoms with Gasteiger partial charge in [0.1, 0.15) is 0 Å². The molecular weight excluding hydrogens is 302 g/mol. The molecule has 6 heteroatoms. The van der Waals surface area contributed by atoms with Crippen molar-refractivity contribution in [2.75, 3.05) is 11.9 Å². The summed E-state index contributed by atoms with van der Waals surface area (Å²) in [5, 5.41) is 5.99. The van der Waals surface area contributed by atoms with Crippen molar-refractivity contribution in [1.82, 2.24) is 10.3 Å². The van der Waals surface area contributed by atoms with E-state index in [-0.39, 0.29) is 6.03 Å². The second-order valence-corrected chi connectivity index (χ2v) is 5.45. The molecule has 2 N–H and O–H groups in total. The molecule has 90 valence electrons. The molecule has 2 aromatic rings. The number of nitrogens with one attached hydrogen (secondary N) is 2. The molecule has 1 aromatic heterocycles. The smallest absolute Gasteiger partial charge is 0.321 e. The number of carbonyl (C=O) groups is 1. The number of hydrogen-bond acceptors (Lipinski definition) is 3. The predicted octanol–water partition coefficient (Wildman–Crippen LogP) is 3.51. The molecule has 1 heterocycles. The molecule has 0 saturated carbocycles. The lowest BCUT2D eigenvalue weighted by Gasteiger charge is -2.00. The Hall–Kier alpha value is -1.14. The van der Waals surface area contributed by atoms with E-state index in [9.17, 15) is 4.79 Å². The topological polar surface area (TPSA) is 54.0 Å². The number of benzene rings is 1. The highest BCUT2D eigenvalue weighted by Crippen LogP contribution is 2.33. The molecule has 1 aromatic carbocycles. The Morgan fingerprint density at radius 1 is 1.53 bits per heavy atom. The van der Waals surface area contributed by atoms with Crippen molar-refractivity contribution in [3.8, 4) is 0 Å². The van der Waals surface area contributed by atoms with Crippen molar-refractivity contribution in [1.29, 1.82) is 0 Å². The van der Waals surface area contributed by atoms with E-state index in [1.54, 1.807) is 0 Å². The summed E-state index contributed by atoms with van der Waals surface area (Å²) >= 11 is 4.96. The Morgan fingerprint density at radius 2 is 2.29 bits per heavy atom. The number of urea groups is 1. The highest BCUT2D eigenvalue weighted by Gasteiger charge is 2.09. The van der Waals surface area contributed by atoms with E-state index < -0.39 is 0 Å². The number of carbonyl (C=O) groups excluding carboxylic acids is 1. The van der Waals surface area contributed by atoms with Crippen LogP contribution in [0.25, 0.3) is 10.2 Å². The van der Waals surface area contributed by atoms with Gasteiger partial charge < -0.3 is 5.32 Å². The second-order valence-electron chi connectivity index (χ2n) is 3.60. The Labute approximate surface area is 112 Å². The number of hydrogen-bond donors (Lipinski definition) is 2. The second kappa shape index (κ2) is 5.01. The fourth-order valence-corrected chi connectivity index (χ4v) is 3.13. The third kappa shape index (κ3) is 2.76. The van der Waals surface area contributed by atoms with E-state index in [1.807, 2.05) is 26.0 Å². The standard InChI is InChI=1S/C11H12BrN3OS/c1-3-13-10(16)15-11-14-8-5-6(2)4-7(12)9(8)17-11/h4-5H,3H2,1-2H3,(H2,13,14,15,16). The molecule has 0 aliphatic heterocycles. The number of rotatable bonds is 2. The first-order valence-corrected chi connectivity index (χ1v) is 6.82. The summed E-state index contributed by atoms with van der Waals surface area (Å²) in [7, 11) is 0. The molecule has 0 aliphatic rings. The fraction of sp³-hybridized carbons (Fsp3) is 0.273. The van der Waals surface area contributed by atoms with Crippen molar-refractivity contribution >= 4 is 48.6 Å². The monoisotopic (exact) mass is 313 g/mol. The first-order valence-electron chi connectivity index (χ1n) is 5.21. The minimum atomic E-state index is -0.223. The Bertz CT molecular complexity index is 567. The lowest BCUT2D eigenvalue weighted by Crippen LogP contribution is -2.28. The van der Waals surface area contributed by atoms with E-state index in [0.29, 0.717) is 11.7 Å². The van der Waals surface area contributed by atoms with Gasteiger partial charge in [0, 0.05) is 11.0 Å². The largest absolute Gasteiger partial charge is 0.338 e. The molecule has 0 atom stereocenters. The summed E-state index contributed by atoms with van der Waals surface area (Å²) in [6.07, 6.45) is 0. The fourth-order valence-electron chi connectivity index (χ4n) is 1.48. The van der Waals surface area contributed by atoms with Crippen molar-refractivity contribution in [3.05, 3.63) is 22.2 Å². The zero-order valence-electron chi connectivity index (χ0n) is 9.50. The molecule has 0 unspecified atom stereocenters. The normalized spacial score (nSPS) is 10.5. The number of nitrogens with zero attached hydrogens (tertiary/aromatic N) is 1. The van der Waals surface area contributed by atoms with Crippen LogP contribution in [0.4, 0.5) is 9.93 Å². The maximum Gasteiger partial charge on any atom is 0.321 e. The zero-order chi connectivity index (χ0) is 12.4. The Kier molecular flexibility index (Phi) is 3.63. The Balaban J connectivity index is 2.32. The van der Waals surface area contributed by atoms with Crippen molar-refractivity contribution in [3.63, 3.8) is 0 Å². The van der Waals surface area contributed by atoms with Gasteiger partial charge in [-0.3, -0.25) is 5.32 Å². The number of thiazole rings is 1. The van der Waals surface area contributed by atoms with Crippen LogP contribution in [0.2, 0.25) is 0 Å². The molecule has 0 spiro atoms.